The Morgan fingerprint density at radius 1 is 1.03 bits per heavy atom. The van der Waals surface area contributed by atoms with Crippen LogP contribution in [0.25, 0.3) is 11.0 Å². The number of imidazole rings is 1. The molecule has 1 aromatic heterocycles. The highest BCUT2D eigenvalue weighted by atomic mass is 35.5. The van der Waals surface area contributed by atoms with Crippen LogP contribution in [-0.4, -0.2) is 39.3 Å². The fourth-order valence-corrected chi connectivity index (χ4v) is 4.05. The number of hydrogen-bond acceptors (Lipinski definition) is 3. The van der Waals surface area contributed by atoms with Crippen molar-refractivity contribution in [2.45, 2.75) is 38.4 Å². The number of likely N-dealkylation sites (tertiary alicyclic amines) is 1. The summed E-state index contributed by atoms with van der Waals surface area (Å²) in [6, 6.07) is 14.0. The number of hydrogen-bond donors (Lipinski definition) is 1. The first-order valence-corrected chi connectivity index (χ1v) is 10.2. The molecule has 170 valence electrons. The van der Waals surface area contributed by atoms with Crippen LogP contribution >= 0.6 is 12.4 Å². The largest absolute Gasteiger partial charge is 0.416 e. The quantitative estimate of drug-likeness (QED) is 0.575. The van der Waals surface area contributed by atoms with Gasteiger partial charge in [0, 0.05) is 13.7 Å². The number of rotatable bonds is 3. The highest BCUT2D eigenvalue weighted by Crippen LogP contribution is 2.38. The second-order valence-corrected chi connectivity index (χ2v) is 7.53. The van der Waals surface area contributed by atoms with Gasteiger partial charge in [0.15, 0.2) is 0 Å². The van der Waals surface area contributed by atoms with Crippen molar-refractivity contribution in [3.05, 3.63) is 65.5 Å². The number of aromatic nitrogens is 2. The van der Waals surface area contributed by atoms with Gasteiger partial charge in [-0.3, -0.25) is 4.90 Å². The Kier molecular flexibility index (Phi) is 8.91. The Balaban J connectivity index is 0.000000808. The number of para-hydroxylation sites is 2. The third-order valence-electron chi connectivity index (χ3n) is 5.54. The van der Waals surface area contributed by atoms with Crippen molar-refractivity contribution < 1.29 is 18.3 Å². The van der Waals surface area contributed by atoms with Crippen molar-refractivity contribution in [3.8, 4) is 0 Å². The second kappa shape index (κ2) is 11.0. The molecule has 8 heteroatoms. The lowest BCUT2D eigenvalue weighted by molar-refractivity contribution is -0.138. The Labute approximate surface area is 187 Å². The van der Waals surface area contributed by atoms with Gasteiger partial charge in [0.2, 0.25) is 0 Å². The van der Waals surface area contributed by atoms with Gasteiger partial charge in [0.05, 0.1) is 23.1 Å². The van der Waals surface area contributed by atoms with E-state index in [1.165, 1.54) is 12.1 Å². The molecular formula is C23H29ClF3N3O. The molecule has 0 radical (unpaired) electrons. The highest BCUT2D eigenvalue weighted by molar-refractivity contribution is 5.85. The molecule has 1 aliphatic rings. The predicted molar refractivity (Wildman–Crippen MR) is 119 cm³/mol. The molecule has 0 amide bonds. The van der Waals surface area contributed by atoms with E-state index in [9.17, 15) is 13.2 Å². The summed E-state index contributed by atoms with van der Waals surface area (Å²) in [5, 5.41) is 7.57. The lowest BCUT2D eigenvalue weighted by Crippen LogP contribution is -2.33. The molecule has 1 N–H and O–H groups in total. The summed E-state index contributed by atoms with van der Waals surface area (Å²) in [5.74, 6) is 0.949. The van der Waals surface area contributed by atoms with Crippen LogP contribution in [0, 0.1) is 0 Å². The van der Waals surface area contributed by atoms with Crippen molar-refractivity contribution >= 4 is 23.4 Å². The topological polar surface area (TPSA) is 41.3 Å². The van der Waals surface area contributed by atoms with E-state index in [4.69, 9.17) is 10.1 Å². The monoisotopic (exact) mass is 455 g/mol. The molecule has 1 fully saturated rings. The van der Waals surface area contributed by atoms with E-state index in [-0.39, 0.29) is 24.9 Å². The third-order valence-corrected chi connectivity index (χ3v) is 5.54. The van der Waals surface area contributed by atoms with Crippen LogP contribution in [-0.2, 0) is 19.8 Å². The first-order chi connectivity index (χ1) is 14.3. The molecule has 31 heavy (non-hydrogen) atoms. The number of piperidine rings is 1. The summed E-state index contributed by atoms with van der Waals surface area (Å²) >= 11 is 0. The molecular weight excluding hydrogens is 427 g/mol. The standard InChI is InChI=1S/C21H22F3N3.C2H6O.ClH/c1-26-19-9-5-4-8-18(19)25-20(26)14-27-12-10-15(11-13-27)16-6-2-3-7-17(16)21(22,23)24;1-2-3;/h2-9,15H,10-14H2,1H3;3H,2H2,1H3;1H. The van der Waals surface area contributed by atoms with Crippen LogP contribution in [0.3, 0.4) is 0 Å². The van der Waals surface area contributed by atoms with E-state index < -0.39 is 11.7 Å². The molecule has 0 aliphatic carbocycles. The van der Waals surface area contributed by atoms with E-state index in [2.05, 4.69) is 9.47 Å². The molecule has 3 aromatic rings. The van der Waals surface area contributed by atoms with Gasteiger partial charge < -0.3 is 9.67 Å². The van der Waals surface area contributed by atoms with Crippen molar-refractivity contribution in [2.24, 2.45) is 7.05 Å². The summed E-state index contributed by atoms with van der Waals surface area (Å²) in [6.07, 6.45) is -2.82. The molecule has 4 rings (SSSR count). The van der Waals surface area contributed by atoms with Crippen LogP contribution in [0.4, 0.5) is 13.2 Å². The number of fused-ring (bicyclic) bond motifs is 1. The summed E-state index contributed by atoms with van der Waals surface area (Å²) < 4.78 is 42.0. The average molecular weight is 456 g/mol. The van der Waals surface area contributed by atoms with Crippen LogP contribution in [0.5, 0.6) is 0 Å². The first-order valence-electron chi connectivity index (χ1n) is 10.2. The van der Waals surface area contributed by atoms with E-state index in [1.54, 1.807) is 19.1 Å². The number of aryl methyl sites for hydroxylation is 1. The molecule has 2 heterocycles. The predicted octanol–water partition coefficient (Wildman–Crippen LogP) is 5.39. The van der Waals surface area contributed by atoms with Crippen LogP contribution in [0.2, 0.25) is 0 Å². The smallest absolute Gasteiger partial charge is 0.397 e. The molecule has 0 bridgehead atoms. The van der Waals surface area contributed by atoms with Crippen molar-refractivity contribution in [1.29, 1.82) is 0 Å². The molecule has 4 nitrogen and oxygen atoms in total. The Morgan fingerprint density at radius 2 is 1.61 bits per heavy atom. The lowest BCUT2D eigenvalue weighted by atomic mass is 9.86. The number of nitrogens with zero attached hydrogens (tertiary/aromatic N) is 3. The number of benzene rings is 2. The zero-order valence-electron chi connectivity index (χ0n) is 17.8. The summed E-state index contributed by atoms with van der Waals surface area (Å²) in [4.78, 5) is 6.99. The van der Waals surface area contributed by atoms with Gasteiger partial charge in [-0.25, -0.2) is 4.98 Å². The van der Waals surface area contributed by atoms with Crippen LogP contribution in [0.1, 0.15) is 42.6 Å². The van der Waals surface area contributed by atoms with Gasteiger partial charge >= 0.3 is 6.18 Å². The van der Waals surface area contributed by atoms with Gasteiger partial charge in [0.1, 0.15) is 5.82 Å². The fourth-order valence-electron chi connectivity index (χ4n) is 4.05. The van der Waals surface area contributed by atoms with Gasteiger partial charge in [0.25, 0.3) is 0 Å². The zero-order chi connectivity index (χ0) is 21.7. The number of halogens is 4. The maximum atomic E-state index is 13.3. The maximum absolute atomic E-state index is 13.3. The Morgan fingerprint density at radius 3 is 2.23 bits per heavy atom. The molecule has 0 saturated carbocycles. The molecule has 0 unspecified atom stereocenters. The summed E-state index contributed by atoms with van der Waals surface area (Å²) in [7, 11) is 2.01. The van der Waals surface area contributed by atoms with Crippen molar-refractivity contribution in [2.75, 3.05) is 19.7 Å². The molecule has 1 aliphatic heterocycles. The molecule has 1 saturated heterocycles. The third kappa shape index (κ3) is 5.99. The zero-order valence-corrected chi connectivity index (χ0v) is 18.6. The van der Waals surface area contributed by atoms with Gasteiger partial charge in [-0.2, -0.15) is 13.2 Å². The van der Waals surface area contributed by atoms with Crippen LogP contribution in [0.15, 0.2) is 48.5 Å². The number of aliphatic hydroxyl groups excluding tert-OH is 1. The first kappa shape index (κ1) is 25.2. The molecule has 2 aromatic carbocycles. The maximum Gasteiger partial charge on any atom is 0.416 e. The number of alkyl halides is 3. The minimum absolute atomic E-state index is 0. The van der Waals surface area contributed by atoms with Crippen molar-refractivity contribution in [3.63, 3.8) is 0 Å². The Bertz CT molecular complexity index is 966. The minimum Gasteiger partial charge on any atom is -0.397 e. The molecule has 0 atom stereocenters. The lowest BCUT2D eigenvalue weighted by Gasteiger charge is -2.33. The van der Waals surface area contributed by atoms with Gasteiger partial charge in [-0.15, -0.1) is 12.4 Å². The SMILES string of the molecule is CCO.Cl.Cn1c(CN2CCC(c3ccccc3C(F)(F)F)CC2)nc2ccccc21. The van der Waals surface area contributed by atoms with E-state index in [0.29, 0.717) is 5.56 Å². The van der Waals surface area contributed by atoms with Crippen LogP contribution < -0.4 is 0 Å². The molecule has 0 spiro atoms. The van der Waals surface area contributed by atoms with Crippen molar-refractivity contribution in [1.82, 2.24) is 14.5 Å². The number of aliphatic hydroxyl groups is 1. The van der Waals surface area contributed by atoms with Gasteiger partial charge in [-0.1, -0.05) is 30.3 Å². The van der Waals surface area contributed by atoms with Gasteiger partial charge in [-0.05, 0) is 62.5 Å². The second-order valence-electron chi connectivity index (χ2n) is 7.53. The van der Waals surface area contributed by atoms with E-state index in [0.717, 1.165) is 49.3 Å². The minimum atomic E-state index is -4.29. The highest BCUT2D eigenvalue weighted by Gasteiger charge is 2.35. The Hall–Kier alpha value is -2.09. The average Bonchev–Trinajstić information content (AvgIpc) is 3.04. The normalized spacial score (nSPS) is 15.3. The summed E-state index contributed by atoms with van der Waals surface area (Å²) in [5.41, 5.74) is 2.02. The fraction of sp³-hybridized carbons (Fsp3) is 0.435. The summed E-state index contributed by atoms with van der Waals surface area (Å²) in [6.45, 7) is 4.21. The van der Waals surface area contributed by atoms with E-state index >= 15 is 0 Å². The van der Waals surface area contributed by atoms with E-state index in [1.807, 2.05) is 31.3 Å².